The van der Waals surface area contributed by atoms with E-state index >= 15 is 0 Å². The molecule has 0 spiro atoms. The first-order valence-corrected chi connectivity index (χ1v) is 12.6. The van der Waals surface area contributed by atoms with Crippen molar-refractivity contribution in [3.05, 3.63) is 41.5 Å². The second kappa shape index (κ2) is 10.7. The highest BCUT2D eigenvalue weighted by Crippen LogP contribution is 2.40. The first-order valence-electron chi connectivity index (χ1n) is 10.8. The summed E-state index contributed by atoms with van der Waals surface area (Å²) in [7, 11) is 5.19. The molecule has 0 bridgehead atoms. The van der Waals surface area contributed by atoms with Crippen molar-refractivity contribution in [1.29, 1.82) is 0 Å². The zero-order chi connectivity index (χ0) is 26.7. The number of anilines is 1. The fraction of sp³-hybridized carbons (Fsp3) is 0.400. The van der Waals surface area contributed by atoms with Crippen LogP contribution in [0.2, 0.25) is 0 Å². The Morgan fingerprint density at radius 3 is 2.86 bits per heavy atom. The number of amides is 2. The molecule has 0 aromatic carbocycles. The van der Waals surface area contributed by atoms with Crippen LogP contribution in [0.15, 0.2) is 39.4 Å². The Labute approximate surface area is 218 Å². The van der Waals surface area contributed by atoms with Crippen LogP contribution in [-0.2, 0) is 25.8 Å². The van der Waals surface area contributed by atoms with E-state index in [1.54, 1.807) is 6.08 Å². The molecule has 0 saturated carbocycles. The van der Waals surface area contributed by atoms with Gasteiger partial charge in [0, 0.05) is 17.3 Å². The maximum absolute atomic E-state index is 13.0. The SMILES string of the molecule is CO/N=C(\C(=O)N[C@@H]1C(=O)N2C(C(=O)O)=C(/C=C/C[N+](C)(C)Cc3nnco3)CS[C@@H]12)c1nsc(N)n1. The number of β-lactam (4-membered cyclic amide) rings is 1. The summed E-state index contributed by atoms with van der Waals surface area (Å²) < 4.78 is 9.64. The van der Waals surface area contributed by atoms with Gasteiger partial charge < -0.3 is 29.9 Å². The summed E-state index contributed by atoms with van der Waals surface area (Å²) in [4.78, 5) is 47.7. The second-order valence-corrected chi connectivity index (χ2v) is 10.5. The first-order chi connectivity index (χ1) is 17.6. The van der Waals surface area contributed by atoms with Crippen LogP contribution in [0.5, 0.6) is 0 Å². The normalized spacial score (nSPS) is 20.1. The number of nitrogen functional groups attached to an aromatic ring is 1. The number of carbonyl (C=O) groups excluding carboxylic acids is 2. The molecule has 2 aromatic heterocycles. The van der Waals surface area contributed by atoms with Crippen molar-refractivity contribution in [2.45, 2.75) is 18.0 Å². The number of carboxylic acids is 1. The van der Waals surface area contributed by atoms with Gasteiger partial charge in [0.05, 0.1) is 20.6 Å². The van der Waals surface area contributed by atoms with Crippen molar-refractivity contribution in [2.24, 2.45) is 5.16 Å². The van der Waals surface area contributed by atoms with Crippen molar-refractivity contribution in [1.82, 2.24) is 29.8 Å². The van der Waals surface area contributed by atoms with Crippen molar-refractivity contribution in [3.63, 3.8) is 0 Å². The minimum Gasteiger partial charge on any atom is -0.477 e. The molecule has 15 nitrogen and oxygen atoms in total. The molecular formula is C20H24N9O6S2+. The smallest absolute Gasteiger partial charge is 0.352 e. The minimum absolute atomic E-state index is 0.0410. The number of oxime groups is 1. The molecular weight excluding hydrogens is 526 g/mol. The highest BCUT2D eigenvalue weighted by molar-refractivity contribution is 8.00. The lowest BCUT2D eigenvalue weighted by molar-refractivity contribution is -0.899. The van der Waals surface area contributed by atoms with Gasteiger partial charge in [-0.3, -0.25) is 14.5 Å². The molecule has 4 rings (SSSR count). The number of aromatic nitrogens is 4. The van der Waals surface area contributed by atoms with Crippen LogP contribution in [-0.4, -0.2) is 102 Å². The third-order valence-electron chi connectivity index (χ3n) is 5.43. The van der Waals surface area contributed by atoms with Gasteiger partial charge in [-0.1, -0.05) is 11.2 Å². The molecule has 2 aromatic rings. The van der Waals surface area contributed by atoms with Crippen LogP contribution in [0, 0.1) is 0 Å². The van der Waals surface area contributed by atoms with Gasteiger partial charge in [0.25, 0.3) is 17.7 Å². The zero-order valence-corrected chi connectivity index (χ0v) is 21.7. The standard InChI is InChI=1S/C20H23N9O6S2/c1-29(2,7-11-25-22-9-35-11)6-4-5-10-8-36-18-13(17(31)28(18)14(10)19(32)33)23-16(30)12(26-34-3)15-24-20(21)37-27-15/h4-5,9,13,18H,6-8H2,1-3H3,(H3-,21,23,24,27,30,32,33)/p+1/b5-4+,26-12-/t13-,18+/m1/s1. The van der Waals surface area contributed by atoms with Gasteiger partial charge in [0.2, 0.25) is 17.9 Å². The van der Waals surface area contributed by atoms with E-state index in [1.807, 2.05) is 20.2 Å². The van der Waals surface area contributed by atoms with E-state index in [0.717, 1.165) is 11.5 Å². The lowest BCUT2D eigenvalue weighted by Gasteiger charge is -2.49. The van der Waals surface area contributed by atoms with Crippen LogP contribution < -0.4 is 11.1 Å². The molecule has 1 saturated heterocycles. The highest BCUT2D eigenvalue weighted by atomic mass is 32.2. The summed E-state index contributed by atoms with van der Waals surface area (Å²) in [6.45, 7) is 1.05. The topological polar surface area (TPSA) is 199 Å². The number of hydrogen-bond acceptors (Lipinski definition) is 13. The number of carbonyl (C=O) groups is 3. The number of quaternary nitrogens is 1. The van der Waals surface area contributed by atoms with E-state index < -0.39 is 29.2 Å². The maximum Gasteiger partial charge on any atom is 0.352 e. The number of fused-ring (bicyclic) bond motifs is 1. The Bertz CT molecular complexity index is 1290. The van der Waals surface area contributed by atoms with E-state index in [1.165, 1.54) is 30.2 Å². The summed E-state index contributed by atoms with van der Waals surface area (Å²) >= 11 is 2.22. The number of nitrogens with two attached hydrogens (primary N) is 1. The molecule has 2 amide bonds. The van der Waals surface area contributed by atoms with Crippen LogP contribution in [0.25, 0.3) is 0 Å². The fourth-order valence-corrected chi connectivity index (χ4v) is 5.52. The summed E-state index contributed by atoms with van der Waals surface area (Å²) in [5.74, 6) is -1.74. The lowest BCUT2D eigenvalue weighted by Crippen LogP contribution is -2.71. The molecule has 0 unspecified atom stereocenters. The van der Waals surface area contributed by atoms with Gasteiger partial charge in [-0.25, -0.2) is 4.79 Å². The Balaban J connectivity index is 1.46. The summed E-state index contributed by atoms with van der Waals surface area (Å²) in [6.07, 6.45) is 4.82. The third kappa shape index (κ3) is 5.62. The Hall–Kier alpha value is -3.83. The number of nitrogens with zero attached hydrogens (tertiary/aromatic N) is 7. The molecule has 0 aliphatic carbocycles. The van der Waals surface area contributed by atoms with Gasteiger partial charge in [-0.15, -0.1) is 22.0 Å². The van der Waals surface area contributed by atoms with E-state index in [-0.39, 0.29) is 22.4 Å². The first kappa shape index (κ1) is 26.2. The van der Waals surface area contributed by atoms with Crippen molar-refractivity contribution in [2.75, 3.05) is 39.2 Å². The minimum atomic E-state index is -1.23. The number of likely N-dealkylation sites (N-methyl/N-ethyl adjacent to an activating group) is 1. The van der Waals surface area contributed by atoms with E-state index in [9.17, 15) is 19.5 Å². The highest BCUT2D eigenvalue weighted by Gasteiger charge is 2.54. The van der Waals surface area contributed by atoms with Crippen molar-refractivity contribution < 1.29 is 33.2 Å². The predicted molar refractivity (Wildman–Crippen MR) is 132 cm³/mol. The molecule has 0 radical (unpaired) electrons. The number of thioether (sulfide) groups is 1. The molecule has 2 aliphatic heterocycles. The maximum atomic E-state index is 13.0. The average Bonchev–Trinajstić information content (AvgIpc) is 3.51. The number of carboxylic acid groups (broad SMARTS) is 1. The molecule has 196 valence electrons. The Morgan fingerprint density at radius 2 is 2.24 bits per heavy atom. The molecule has 17 heteroatoms. The van der Waals surface area contributed by atoms with Crippen LogP contribution in [0.4, 0.5) is 5.13 Å². The van der Waals surface area contributed by atoms with Gasteiger partial charge in [0.15, 0.2) is 11.7 Å². The van der Waals surface area contributed by atoms with Gasteiger partial charge in [-0.05, 0) is 11.6 Å². The van der Waals surface area contributed by atoms with Gasteiger partial charge >= 0.3 is 5.97 Å². The predicted octanol–water partition coefficient (Wildman–Crippen LogP) is -0.575. The summed E-state index contributed by atoms with van der Waals surface area (Å²) in [5.41, 5.74) is 5.71. The fourth-order valence-electron chi connectivity index (χ4n) is 3.76. The molecule has 4 N–H and O–H groups in total. The summed E-state index contributed by atoms with van der Waals surface area (Å²) in [5, 5.41) is 23.2. The number of hydrogen-bond donors (Lipinski definition) is 3. The van der Waals surface area contributed by atoms with Gasteiger partial charge in [-0.2, -0.15) is 9.36 Å². The Morgan fingerprint density at radius 1 is 1.46 bits per heavy atom. The van der Waals surface area contributed by atoms with Crippen LogP contribution >= 0.6 is 23.3 Å². The van der Waals surface area contributed by atoms with E-state index in [2.05, 4.69) is 30.0 Å². The monoisotopic (exact) mass is 550 g/mol. The van der Waals surface area contributed by atoms with Crippen LogP contribution in [0.1, 0.15) is 11.7 Å². The third-order valence-corrected chi connectivity index (χ3v) is 7.27. The van der Waals surface area contributed by atoms with Crippen molar-refractivity contribution >= 4 is 51.9 Å². The molecule has 37 heavy (non-hydrogen) atoms. The molecule has 2 atom stereocenters. The molecule has 2 aliphatic rings. The quantitative estimate of drug-likeness (QED) is 0.147. The van der Waals surface area contributed by atoms with Gasteiger partial charge in [0.1, 0.15) is 24.2 Å². The molecule has 1 fully saturated rings. The van der Waals surface area contributed by atoms with E-state index in [0.29, 0.717) is 34.8 Å². The number of aliphatic carboxylic acids is 1. The van der Waals surface area contributed by atoms with E-state index in [4.69, 9.17) is 15.0 Å². The van der Waals surface area contributed by atoms with Crippen LogP contribution in [0.3, 0.4) is 0 Å². The number of allylic oxidation sites excluding steroid dienone is 1. The number of rotatable bonds is 10. The lowest BCUT2D eigenvalue weighted by atomic mass is 10.0. The number of nitrogens with one attached hydrogen (secondary N) is 1. The summed E-state index contributed by atoms with van der Waals surface area (Å²) in [6, 6.07) is -0.958. The zero-order valence-electron chi connectivity index (χ0n) is 20.0. The van der Waals surface area contributed by atoms with Crippen molar-refractivity contribution in [3.8, 4) is 0 Å². The second-order valence-electron chi connectivity index (χ2n) is 8.63. The largest absolute Gasteiger partial charge is 0.477 e. The Kier molecular flexibility index (Phi) is 7.55. The average molecular weight is 551 g/mol. The molecule has 4 heterocycles.